The molecule has 4 heterocycles. The minimum Gasteiger partial charge on any atom is -0.481 e. The molecule has 17 heteroatoms. The van der Waals surface area contributed by atoms with Crippen LogP contribution in [0.3, 0.4) is 0 Å². The summed E-state index contributed by atoms with van der Waals surface area (Å²) in [6.45, 7) is -1.46. The standard InChI is InChI=1S/C34H28N4O9S4/c1-35-29(45)22(49-32(35)27-30(46)36(14-24(41)42)33(50-27)28-31(47)37(15-25(43)44)34(48)51-28)12-16-7-9-20-19(11-16)26-17(13-23(39)40)8-10-21(26)38(20)18-5-3-2-4-6-18/h2-7,9,11-12,17,21,26H,8,10,13-15H2,1H3,(H,39,40)(H,41,42)(H,43,44)/b22-12+,32-27+,33-28+. The first kappa shape index (κ1) is 34.6. The van der Waals surface area contributed by atoms with Crippen molar-refractivity contribution in [2.45, 2.75) is 37.8 Å². The van der Waals surface area contributed by atoms with Gasteiger partial charge in [0.2, 0.25) is 0 Å². The molecule has 1 amide bonds. The van der Waals surface area contributed by atoms with E-state index in [1.807, 2.05) is 48.5 Å². The van der Waals surface area contributed by atoms with Crippen LogP contribution in [0.2, 0.25) is 0 Å². The molecule has 0 radical (unpaired) electrons. The van der Waals surface area contributed by atoms with Crippen molar-refractivity contribution in [1.29, 1.82) is 0 Å². The number of nitrogens with zero attached hydrogens (tertiary/aromatic N) is 4. The monoisotopic (exact) mass is 764 g/mol. The fourth-order valence-corrected chi connectivity index (χ4v) is 11.0. The van der Waals surface area contributed by atoms with Crippen molar-refractivity contribution in [2.75, 3.05) is 11.4 Å². The molecule has 3 unspecified atom stereocenters. The van der Waals surface area contributed by atoms with Gasteiger partial charge in [-0.3, -0.25) is 38.2 Å². The largest absolute Gasteiger partial charge is 0.481 e. The molecule has 7 rings (SSSR count). The van der Waals surface area contributed by atoms with Gasteiger partial charge in [-0.25, -0.2) is 0 Å². The van der Waals surface area contributed by atoms with Gasteiger partial charge in [0.15, 0.2) is 0 Å². The summed E-state index contributed by atoms with van der Waals surface area (Å²) < 4.78 is 2.78. The Labute approximate surface area is 305 Å². The number of thiazole rings is 2. The number of aromatic nitrogens is 2. The molecule has 51 heavy (non-hydrogen) atoms. The highest BCUT2D eigenvalue weighted by Crippen LogP contribution is 2.55. The number of aliphatic carboxylic acids is 3. The van der Waals surface area contributed by atoms with Gasteiger partial charge in [-0.1, -0.05) is 48.2 Å². The number of benzene rings is 2. The van der Waals surface area contributed by atoms with Crippen molar-refractivity contribution < 1.29 is 34.5 Å². The van der Waals surface area contributed by atoms with Crippen molar-refractivity contribution in [1.82, 2.24) is 14.0 Å². The van der Waals surface area contributed by atoms with Crippen molar-refractivity contribution >= 4 is 97.1 Å². The Kier molecular flexibility index (Phi) is 9.07. The van der Waals surface area contributed by atoms with Gasteiger partial charge in [0.05, 0.1) is 4.53 Å². The summed E-state index contributed by atoms with van der Waals surface area (Å²) in [5.74, 6) is -4.30. The number of thiocarbonyl (C=S) groups is 1. The predicted octanol–water partition coefficient (Wildman–Crippen LogP) is 2.41. The zero-order valence-electron chi connectivity index (χ0n) is 26.7. The maximum absolute atomic E-state index is 13.7. The molecule has 3 N–H and O–H groups in total. The van der Waals surface area contributed by atoms with Crippen LogP contribution in [0.4, 0.5) is 11.4 Å². The summed E-state index contributed by atoms with van der Waals surface area (Å²) in [6.07, 6.45) is 3.40. The summed E-state index contributed by atoms with van der Waals surface area (Å²) in [4.78, 5) is 78.5. The Hall–Kier alpha value is -4.84. The van der Waals surface area contributed by atoms with Crippen LogP contribution < -0.4 is 25.2 Å². The molecule has 1 saturated heterocycles. The Bertz CT molecular complexity index is 2520. The molecule has 0 spiro atoms. The third kappa shape index (κ3) is 6.13. The average Bonchev–Trinajstić information content (AvgIpc) is 3.85. The number of rotatable bonds is 8. The molecule has 3 atom stereocenters. The molecule has 3 aliphatic rings. The fraction of sp³-hybridized carbons (Fsp3) is 0.265. The summed E-state index contributed by atoms with van der Waals surface area (Å²) in [7, 11) is 1.50. The third-order valence-electron chi connectivity index (χ3n) is 9.26. The van der Waals surface area contributed by atoms with Crippen LogP contribution in [0.1, 0.15) is 36.3 Å². The number of carbonyl (C=O) groups is 4. The zero-order valence-corrected chi connectivity index (χ0v) is 29.9. The van der Waals surface area contributed by atoms with E-state index in [-0.39, 0.29) is 47.4 Å². The Morgan fingerprint density at radius 3 is 2.31 bits per heavy atom. The minimum atomic E-state index is -1.34. The van der Waals surface area contributed by atoms with E-state index < -0.39 is 48.0 Å². The van der Waals surface area contributed by atoms with Crippen LogP contribution in [-0.4, -0.2) is 70.1 Å². The van der Waals surface area contributed by atoms with E-state index in [1.54, 1.807) is 6.08 Å². The maximum atomic E-state index is 13.7. The first-order valence-electron chi connectivity index (χ1n) is 15.7. The van der Waals surface area contributed by atoms with Crippen LogP contribution in [0.25, 0.3) is 11.0 Å². The fourth-order valence-electron chi connectivity index (χ4n) is 7.22. The lowest BCUT2D eigenvalue weighted by Gasteiger charge is -2.27. The van der Waals surface area contributed by atoms with Gasteiger partial charge in [0, 0.05) is 36.8 Å². The van der Waals surface area contributed by atoms with Crippen molar-refractivity contribution in [3.05, 3.63) is 98.8 Å². The lowest BCUT2D eigenvalue weighted by molar-refractivity contribution is -0.140. The van der Waals surface area contributed by atoms with E-state index in [4.69, 9.17) is 12.2 Å². The maximum Gasteiger partial charge on any atom is 0.323 e. The number of hydrogen-bond acceptors (Lipinski definition) is 11. The molecule has 0 bridgehead atoms. The first-order chi connectivity index (χ1) is 24.3. The van der Waals surface area contributed by atoms with Crippen molar-refractivity contribution in [2.24, 2.45) is 13.0 Å². The van der Waals surface area contributed by atoms with Crippen molar-refractivity contribution in [3.8, 4) is 0 Å². The van der Waals surface area contributed by atoms with Gasteiger partial charge < -0.3 is 24.8 Å². The smallest absolute Gasteiger partial charge is 0.323 e. The van der Waals surface area contributed by atoms with E-state index in [2.05, 4.69) is 4.90 Å². The number of thioether (sulfide) groups is 1. The highest BCUT2D eigenvalue weighted by Gasteiger charge is 2.48. The molecule has 4 aromatic rings. The molecular weight excluding hydrogens is 737 g/mol. The summed E-state index contributed by atoms with van der Waals surface area (Å²) in [6, 6.07) is 15.9. The number of carbonyl (C=O) groups excluding carboxylic acids is 1. The number of para-hydroxylation sites is 1. The average molecular weight is 765 g/mol. The van der Waals surface area contributed by atoms with Gasteiger partial charge in [-0.15, -0.1) is 22.7 Å². The van der Waals surface area contributed by atoms with Gasteiger partial charge in [0.25, 0.3) is 17.0 Å². The number of carboxylic acid groups (broad SMARTS) is 3. The Morgan fingerprint density at radius 2 is 1.63 bits per heavy atom. The lowest BCUT2D eigenvalue weighted by atomic mass is 9.86. The van der Waals surface area contributed by atoms with Crippen LogP contribution >= 0.6 is 46.7 Å². The molecule has 262 valence electrons. The Morgan fingerprint density at radius 1 is 0.902 bits per heavy atom. The van der Waals surface area contributed by atoms with Crippen LogP contribution in [-0.2, 0) is 32.8 Å². The SMILES string of the molecule is Cn1c(=O)/c(=C\c2ccc3c(c2)C2C(CC(=O)O)CCC2N3c2ccccc2)s/c1=c1/s/c(=C2/SC(=S)N(CC(=O)O)C2=O)n(CC(=O)O)c1=O. The molecule has 2 aliphatic heterocycles. The molecule has 2 aromatic carbocycles. The summed E-state index contributed by atoms with van der Waals surface area (Å²) >= 11 is 7.86. The quantitative estimate of drug-likeness (QED) is 0.224. The Balaban J connectivity index is 1.38. The van der Waals surface area contributed by atoms with E-state index in [0.29, 0.717) is 4.53 Å². The number of fused-ring (bicyclic) bond motifs is 3. The van der Waals surface area contributed by atoms with Gasteiger partial charge in [0.1, 0.15) is 36.2 Å². The number of hydrogen-bond donors (Lipinski definition) is 3. The van der Waals surface area contributed by atoms with Gasteiger partial charge in [-0.05, 0) is 60.2 Å². The minimum absolute atomic E-state index is 0.00218. The number of amides is 1. The lowest BCUT2D eigenvalue weighted by Crippen LogP contribution is -2.35. The second-order valence-electron chi connectivity index (χ2n) is 12.3. The second kappa shape index (κ2) is 13.4. The normalized spacial score (nSPS) is 21.7. The number of carboxylic acids is 3. The molecule has 1 aliphatic carbocycles. The molecule has 2 aromatic heterocycles. The molecule has 13 nitrogen and oxygen atoms in total. The van der Waals surface area contributed by atoms with Crippen LogP contribution in [0.15, 0.2) is 58.1 Å². The topological polar surface area (TPSA) is 179 Å². The number of anilines is 2. The summed E-state index contributed by atoms with van der Waals surface area (Å²) in [5.41, 5.74) is 2.63. The highest BCUT2D eigenvalue weighted by atomic mass is 32.2. The summed E-state index contributed by atoms with van der Waals surface area (Å²) in [5, 5.41) is 28.5. The van der Waals surface area contributed by atoms with E-state index in [9.17, 15) is 44.1 Å². The predicted molar refractivity (Wildman–Crippen MR) is 196 cm³/mol. The van der Waals surface area contributed by atoms with E-state index >= 15 is 0 Å². The van der Waals surface area contributed by atoms with Crippen molar-refractivity contribution in [3.63, 3.8) is 0 Å². The highest BCUT2D eigenvalue weighted by molar-refractivity contribution is 8.30. The molecule has 1 saturated carbocycles. The van der Waals surface area contributed by atoms with Gasteiger partial charge >= 0.3 is 17.9 Å². The molecular formula is C34H28N4O9S4. The van der Waals surface area contributed by atoms with Gasteiger partial charge in [-0.2, -0.15) is 0 Å². The third-order valence-corrected chi connectivity index (χ3v) is 13.3. The van der Waals surface area contributed by atoms with E-state index in [0.717, 1.165) is 79.2 Å². The van der Waals surface area contributed by atoms with E-state index in [1.165, 1.54) is 11.6 Å². The van der Waals surface area contributed by atoms with Crippen LogP contribution in [0.5, 0.6) is 0 Å². The first-order valence-corrected chi connectivity index (χ1v) is 18.5. The van der Waals surface area contributed by atoms with Crippen LogP contribution in [0, 0.1) is 15.1 Å². The molecule has 2 fully saturated rings. The second-order valence-corrected chi connectivity index (χ2v) is 16.0. The zero-order chi connectivity index (χ0) is 36.3.